The van der Waals surface area contributed by atoms with E-state index < -0.39 is 12.1 Å². The Bertz CT molecular complexity index is 552. The number of anilines is 1. The molecule has 1 unspecified atom stereocenters. The van der Waals surface area contributed by atoms with Gasteiger partial charge < -0.3 is 25.4 Å². The van der Waals surface area contributed by atoms with Gasteiger partial charge in [0.2, 0.25) is 11.8 Å². The van der Waals surface area contributed by atoms with Crippen molar-refractivity contribution < 1.29 is 19.1 Å². The summed E-state index contributed by atoms with van der Waals surface area (Å²) in [5.41, 5.74) is 6.19. The van der Waals surface area contributed by atoms with E-state index in [1.807, 2.05) is 0 Å². The zero-order valence-corrected chi connectivity index (χ0v) is 13.0. The SMILES string of the molecule is COc1cc(OC)cc(N2CCC(NC(=O)[C@@H](C)N)C2=O)c1. The summed E-state index contributed by atoms with van der Waals surface area (Å²) in [4.78, 5) is 25.7. The normalized spacial score (nSPS) is 19.0. The molecule has 120 valence electrons. The van der Waals surface area contributed by atoms with Crippen molar-refractivity contribution in [3.05, 3.63) is 18.2 Å². The van der Waals surface area contributed by atoms with Gasteiger partial charge >= 0.3 is 0 Å². The number of carbonyl (C=O) groups excluding carboxylic acids is 2. The molecule has 1 aromatic carbocycles. The van der Waals surface area contributed by atoms with Crippen LogP contribution in [-0.4, -0.2) is 44.7 Å². The van der Waals surface area contributed by atoms with E-state index in [9.17, 15) is 9.59 Å². The molecule has 0 radical (unpaired) electrons. The zero-order valence-electron chi connectivity index (χ0n) is 13.0. The largest absolute Gasteiger partial charge is 0.497 e. The molecule has 0 spiro atoms. The molecule has 1 fully saturated rings. The summed E-state index contributed by atoms with van der Waals surface area (Å²) in [5.74, 6) is 0.711. The Balaban J connectivity index is 2.17. The number of benzene rings is 1. The highest BCUT2D eigenvalue weighted by Gasteiger charge is 2.34. The van der Waals surface area contributed by atoms with Crippen LogP contribution >= 0.6 is 0 Å². The number of ether oxygens (including phenoxy) is 2. The van der Waals surface area contributed by atoms with Gasteiger partial charge in [0.15, 0.2) is 0 Å². The van der Waals surface area contributed by atoms with Gasteiger partial charge in [-0.25, -0.2) is 0 Å². The Kier molecular flexibility index (Phi) is 4.87. The number of hydrogen-bond acceptors (Lipinski definition) is 5. The maximum Gasteiger partial charge on any atom is 0.249 e. The van der Waals surface area contributed by atoms with Gasteiger partial charge in [0, 0.05) is 24.7 Å². The summed E-state index contributed by atoms with van der Waals surface area (Å²) in [6.45, 7) is 2.10. The van der Waals surface area contributed by atoms with Gasteiger partial charge in [-0.15, -0.1) is 0 Å². The monoisotopic (exact) mass is 307 g/mol. The van der Waals surface area contributed by atoms with Crippen LogP contribution in [0, 0.1) is 0 Å². The third-order valence-electron chi connectivity index (χ3n) is 3.58. The van der Waals surface area contributed by atoms with Gasteiger partial charge in [-0.2, -0.15) is 0 Å². The third kappa shape index (κ3) is 3.30. The van der Waals surface area contributed by atoms with Gasteiger partial charge in [0.05, 0.1) is 25.9 Å². The first-order chi connectivity index (χ1) is 10.5. The highest BCUT2D eigenvalue weighted by atomic mass is 16.5. The van der Waals surface area contributed by atoms with Crippen molar-refractivity contribution in [2.24, 2.45) is 5.73 Å². The van der Waals surface area contributed by atoms with E-state index in [1.54, 1.807) is 44.2 Å². The van der Waals surface area contributed by atoms with E-state index in [0.717, 1.165) is 0 Å². The van der Waals surface area contributed by atoms with Crippen molar-refractivity contribution in [2.75, 3.05) is 25.7 Å². The molecule has 0 saturated carbocycles. The zero-order chi connectivity index (χ0) is 16.3. The minimum Gasteiger partial charge on any atom is -0.497 e. The summed E-state index contributed by atoms with van der Waals surface area (Å²) in [6, 6.07) is 4.07. The van der Waals surface area contributed by atoms with Crippen LogP contribution in [0.3, 0.4) is 0 Å². The molecule has 1 heterocycles. The van der Waals surface area contributed by atoms with Crippen LogP contribution in [0.5, 0.6) is 11.5 Å². The Morgan fingerprint density at radius 1 is 1.32 bits per heavy atom. The first kappa shape index (κ1) is 16.1. The molecule has 2 atom stereocenters. The molecule has 3 N–H and O–H groups in total. The lowest BCUT2D eigenvalue weighted by molar-refractivity contribution is -0.127. The number of carbonyl (C=O) groups is 2. The average Bonchev–Trinajstić information content (AvgIpc) is 2.87. The van der Waals surface area contributed by atoms with Crippen LogP contribution in [0.4, 0.5) is 5.69 Å². The van der Waals surface area contributed by atoms with Crippen molar-refractivity contribution in [2.45, 2.75) is 25.4 Å². The maximum absolute atomic E-state index is 12.5. The minimum atomic E-state index is -0.640. The number of methoxy groups -OCH3 is 2. The standard InChI is InChI=1S/C15H21N3O4/c1-9(16)14(19)17-13-4-5-18(15(13)20)10-6-11(21-2)8-12(7-10)22-3/h6-9,13H,4-5,16H2,1-3H3,(H,17,19)/t9-,13?/m1/s1. The molecule has 1 saturated heterocycles. The minimum absolute atomic E-state index is 0.163. The fourth-order valence-corrected chi connectivity index (χ4v) is 2.32. The predicted octanol–water partition coefficient (Wildman–Crippen LogP) is 0.273. The van der Waals surface area contributed by atoms with Crippen LogP contribution in [0.2, 0.25) is 0 Å². The maximum atomic E-state index is 12.5. The van der Waals surface area contributed by atoms with E-state index in [2.05, 4.69) is 5.32 Å². The summed E-state index contributed by atoms with van der Waals surface area (Å²) in [5, 5.41) is 2.67. The lowest BCUT2D eigenvalue weighted by Crippen LogP contribution is -2.47. The van der Waals surface area contributed by atoms with Gasteiger partial charge in [-0.3, -0.25) is 9.59 Å². The van der Waals surface area contributed by atoms with Crippen molar-refractivity contribution in [1.82, 2.24) is 5.32 Å². The first-order valence-electron chi connectivity index (χ1n) is 7.06. The van der Waals surface area contributed by atoms with Crippen LogP contribution in [-0.2, 0) is 9.59 Å². The molecular weight excluding hydrogens is 286 g/mol. The highest BCUT2D eigenvalue weighted by Crippen LogP contribution is 2.30. The lowest BCUT2D eigenvalue weighted by Gasteiger charge is -2.19. The second-order valence-electron chi connectivity index (χ2n) is 5.20. The number of hydrogen-bond donors (Lipinski definition) is 2. The Morgan fingerprint density at radius 2 is 1.91 bits per heavy atom. The Hall–Kier alpha value is -2.28. The van der Waals surface area contributed by atoms with Crippen molar-refractivity contribution in [1.29, 1.82) is 0 Å². The summed E-state index contributed by atoms with van der Waals surface area (Å²) in [7, 11) is 3.10. The third-order valence-corrected chi connectivity index (χ3v) is 3.58. The molecule has 7 nitrogen and oxygen atoms in total. The smallest absolute Gasteiger partial charge is 0.249 e. The van der Waals surface area contributed by atoms with Crippen LogP contribution in [0.1, 0.15) is 13.3 Å². The number of amides is 2. The Morgan fingerprint density at radius 3 is 2.41 bits per heavy atom. The first-order valence-corrected chi connectivity index (χ1v) is 7.06. The van der Waals surface area contributed by atoms with E-state index in [-0.39, 0.29) is 11.8 Å². The fraction of sp³-hybridized carbons (Fsp3) is 0.467. The predicted molar refractivity (Wildman–Crippen MR) is 82.1 cm³/mol. The molecule has 0 bridgehead atoms. The van der Waals surface area contributed by atoms with E-state index in [0.29, 0.717) is 30.2 Å². The number of nitrogens with zero attached hydrogens (tertiary/aromatic N) is 1. The molecule has 22 heavy (non-hydrogen) atoms. The fourth-order valence-electron chi connectivity index (χ4n) is 2.32. The average molecular weight is 307 g/mol. The van der Waals surface area contributed by atoms with Crippen molar-refractivity contribution in [3.8, 4) is 11.5 Å². The van der Waals surface area contributed by atoms with Crippen LogP contribution in [0.15, 0.2) is 18.2 Å². The van der Waals surface area contributed by atoms with Crippen LogP contribution < -0.4 is 25.4 Å². The molecule has 1 aliphatic heterocycles. The number of nitrogens with one attached hydrogen (secondary N) is 1. The van der Waals surface area contributed by atoms with Gasteiger partial charge in [0.1, 0.15) is 17.5 Å². The Labute approximate surface area is 129 Å². The molecule has 7 heteroatoms. The van der Waals surface area contributed by atoms with Crippen molar-refractivity contribution in [3.63, 3.8) is 0 Å². The van der Waals surface area contributed by atoms with Gasteiger partial charge in [0.25, 0.3) is 0 Å². The number of nitrogens with two attached hydrogens (primary N) is 1. The second-order valence-corrected chi connectivity index (χ2v) is 5.20. The van der Waals surface area contributed by atoms with E-state index in [1.165, 1.54) is 0 Å². The molecule has 2 amide bonds. The van der Waals surface area contributed by atoms with E-state index >= 15 is 0 Å². The molecule has 1 aromatic rings. The quantitative estimate of drug-likeness (QED) is 0.814. The summed E-state index contributed by atoms with van der Waals surface area (Å²) in [6.07, 6.45) is 0.539. The molecule has 0 aliphatic carbocycles. The molecule has 1 aliphatic rings. The van der Waals surface area contributed by atoms with E-state index in [4.69, 9.17) is 15.2 Å². The molecular formula is C15H21N3O4. The van der Waals surface area contributed by atoms with Crippen LogP contribution in [0.25, 0.3) is 0 Å². The molecule has 2 rings (SSSR count). The lowest BCUT2D eigenvalue weighted by atomic mass is 10.2. The second kappa shape index (κ2) is 6.65. The topological polar surface area (TPSA) is 93.9 Å². The summed E-state index contributed by atoms with van der Waals surface area (Å²) < 4.78 is 10.4. The number of rotatable bonds is 5. The summed E-state index contributed by atoms with van der Waals surface area (Å²) >= 11 is 0. The highest BCUT2D eigenvalue weighted by molar-refractivity contribution is 6.02. The molecule has 0 aromatic heterocycles. The van der Waals surface area contributed by atoms with Crippen molar-refractivity contribution >= 4 is 17.5 Å². The van der Waals surface area contributed by atoms with Gasteiger partial charge in [-0.05, 0) is 13.3 Å². The van der Waals surface area contributed by atoms with Gasteiger partial charge in [-0.1, -0.05) is 0 Å².